The SMILES string of the molecule is c1ccc(-c2ccc3cc(-c4c5cc(N6CCCCC6)ccc5c(-c5cccc6ccccc56)c5cc(N6CCCCC6)ccc45)ccc3c2)cc1. The molecule has 8 aromatic carbocycles. The van der Waals surface area contributed by atoms with E-state index in [4.69, 9.17) is 0 Å². The Labute approximate surface area is 306 Å². The molecular weight excluding hydrogens is 629 g/mol. The molecule has 2 nitrogen and oxygen atoms in total. The monoisotopic (exact) mass is 672 g/mol. The van der Waals surface area contributed by atoms with Crippen LogP contribution in [0.5, 0.6) is 0 Å². The normalized spacial score (nSPS) is 15.2. The van der Waals surface area contributed by atoms with Crippen molar-refractivity contribution in [2.75, 3.05) is 36.0 Å². The number of fused-ring (bicyclic) bond motifs is 4. The van der Waals surface area contributed by atoms with Crippen molar-refractivity contribution >= 4 is 54.5 Å². The molecule has 0 spiro atoms. The lowest BCUT2D eigenvalue weighted by molar-refractivity contribution is 0.578. The van der Waals surface area contributed by atoms with Crippen molar-refractivity contribution < 1.29 is 0 Å². The van der Waals surface area contributed by atoms with Gasteiger partial charge in [-0.05, 0) is 151 Å². The first kappa shape index (κ1) is 31.2. The van der Waals surface area contributed by atoms with Crippen LogP contribution in [0.4, 0.5) is 11.4 Å². The van der Waals surface area contributed by atoms with Crippen molar-refractivity contribution in [3.8, 4) is 33.4 Å². The molecule has 0 N–H and O–H groups in total. The molecule has 2 saturated heterocycles. The molecule has 0 saturated carbocycles. The second-order valence-corrected chi connectivity index (χ2v) is 15.0. The molecule has 0 atom stereocenters. The summed E-state index contributed by atoms with van der Waals surface area (Å²) in [5.74, 6) is 0. The largest absolute Gasteiger partial charge is 0.372 e. The number of benzene rings is 8. The second-order valence-electron chi connectivity index (χ2n) is 15.0. The Morgan fingerprint density at radius 2 is 0.865 bits per heavy atom. The van der Waals surface area contributed by atoms with Crippen molar-refractivity contribution in [2.24, 2.45) is 0 Å². The van der Waals surface area contributed by atoms with E-state index in [1.165, 1.54) is 126 Å². The average Bonchev–Trinajstić information content (AvgIpc) is 3.23. The van der Waals surface area contributed by atoms with E-state index in [0.717, 1.165) is 26.2 Å². The number of piperidine rings is 2. The molecule has 2 heterocycles. The van der Waals surface area contributed by atoms with E-state index in [-0.39, 0.29) is 0 Å². The second kappa shape index (κ2) is 13.2. The Balaban J connectivity index is 1.27. The first-order valence-corrected chi connectivity index (χ1v) is 19.4. The zero-order chi connectivity index (χ0) is 34.4. The van der Waals surface area contributed by atoms with Gasteiger partial charge in [0.2, 0.25) is 0 Å². The highest BCUT2D eigenvalue weighted by molar-refractivity contribution is 6.24. The predicted octanol–water partition coefficient (Wildman–Crippen LogP) is 13.3. The fourth-order valence-electron chi connectivity index (χ4n) is 9.16. The first-order chi connectivity index (χ1) is 25.8. The molecule has 0 bridgehead atoms. The summed E-state index contributed by atoms with van der Waals surface area (Å²) >= 11 is 0. The molecule has 2 aliphatic heterocycles. The van der Waals surface area contributed by atoms with E-state index < -0.39 is 0 Å². The van der Waals surface area contributed by atoms with Gasteiger partial charge in [-0.3, -0.25) is 0 Å². The van der Waals surface area contributed by atoms with Crippen molar-refractivity contribution in [3.63, 3.8) is 0 Å². The molecule has 0 radical (unpaired) electrons. The molecule has 254 valence electrons. The standard InChI is InChI=1S/C50H44N2/c1-4-13-35(14-5-1)37-19-20-39-32-40(22-21-38(39)31-37)49-45-25-23-42(52-29-10-3-11-30-52)34-48(45)50(44-18-12-16-36-15-6-7-17-43(36)44)46-26-24-41(33-47(46)49)51-27-8-2-9-28-51/h1,4-7,12-26,31-34H,2-3,8-11,27-30H2. The molecule has 52 heavy (non-hydrogen) atoms. The third-order valence-corrected chi connectivity index (χ3v) is 11.8. The van der Waals surface area contributed by atoms with Gasteiger partial charge in [0.25, 0.3) is 0 Å². The molecule has 8 aromatic rings. The minimum Gasteiger partial charge on any atom is -0.372 e. The summed E-state index contributed by atoms with van der Waals surface area (Å²) < 4.78 is 0. The van der Waals surface area contributed by atoms with Crippen LogP contribution in [0, 0.1) is 0 Å². The molecule has 0 amide bonds. The van der Waals surface area contributed by atoms with Crippen LogP contribution in [0.1, 0.15) is 38.5 Å². The lowest BCUT2D eigenvalue weighted by atomic mass is 9.83. The topological polar surface area (TPSA) is 6.48 Å². The van der Waals surface area contributed by atoms with Gasteiger partial charge in [0, 0.05) is 37.6 Å². The third-order valence-electron chi connectivity index (χ3n) is 11.8. The fraction of sp³-hybridized carbons (Fsp3) is 0.200. The third kappa shape index (κ3) is 5.49. The highest BCUT2D eigenvalue weighted by Gasteiger charge is 2.22. The van der Waals surface area contributed by atoms with Crippen LogP contribution in [-0.4, -0.2) is 26.2 Å². The van der Waals surface area contributed by atoms with Crippen LogP contribution in [0.15, 0.2) is 146 Å². The van der Waals surface area contributed by atoms with Gasteiger partial charge in [-0.2, -0.15) is 0 Å². The van der Waals surface area contributed by atoms with Gasteiger partial charge in [0.05, 0.1) is 0 Å². The lowest BCUT2D eigenvalue weighted by Gasteiger charge is -2.30. The lowest BCUT2D eigenvalue weighted by Crippen LogP contribution is -2.29. The molecule has 2 heteroatoms. The van der Waals surface area contributed by atoms with E-state index in [9.17, 15) is 0 Å². The van der Waals surface area contributed by atoms with Crippen molar-refractivity contribution in [3.05, 3.63) is 146 Å². The van der Waals surface area contributed by atoms with Gasteiger partial charge in [-0.1, -0.05) is 109 Å². The van der Waals surface area contributed by atoms with Gasteiger partial charge >= 0.3 is 0 Å². The Bertz CT molecular complexity index is 2580. The zero-order valence-corrected chi connectivity index (χ0v) is 29.8. The minimum atomic E-state index is 1.13. The van der Waals surface area contributed by atoms with Crippen LogP contribution in [0.3, 0.4) is 0 Å². The quantitative estimate of drug-likeness (QED) is 0.168. The van der Waals surface area contributed by atoms with E-state index in [1.54, 1.807) is 0 Å². The van der Waals surface area contributed by atoms with Crippen LogP contribution in [0.25, 0.3) is 76.5 Å². The zero-order valence-electron chi connectivity index (χ0n) is 29.8. The summed E-state index contributed by atoms with van der Waals surface area (Å²) in [6.45, 7) is 4.52. The Morgan fingerprint density at radius 1 is 0.308 bits per heavy atom. The maximum absolute atomic E-state index is 2.61. The van der Waals surface area contributed by atoms with Gasteiger partial charge in [0.1, 0.15) is 0 Å². The van der Waals surface area contributed by atoms with Crippen LogP contribution < -0.4 is 9.80 Å². The maximum atomic E-state index is 2.61. The van der Waals surface area contributed by atoms with E-state index in [1.807, 2.05) is 0 Å². The number of hydrogen-bond acceptors (Lipinski definition) is 2. The maximum Gasteiger partial charge on any atom is 0.0372 e. The Kier molecular flexibility index (Phi) is 7.90. The number of anilines is 2. The summed E-state index contributed by atoms with van der Waals surface area (Å²) in [7, 11) is 0. The minimum absolute atomic E-state index is 1.13. The molecule has 0 unspecified atom stereocenters. The van der Waals surface area contributed by atoms with E-state index in [0.29, 0.717) is 0 Å². The molecular formula is C50H44N2. The van der Waals surface area contributed by atoms with Crippen LogP contribution in [0.2, 0.25) is 0 Å². The first-order valence-electron chi connectivity index (χ1n) is 19.4. The van der Waals surface area contributed by atoms with Gasteiger partial charge in [-0.25, -0.2) is 0 Å². The van der Waals surface area contributed by atoms with Gasteiger partial charge < -0.3 is 9.80 Å². The molecule has 0 aliphatic carbocycles. The molecule has 10 rings (SSSR count). The summed E-state index contributed by atoms with van der Waals surface area (Å²) in [6.07, 6.45) is 7.71. The highest BCUT2D eigenvalue weighted by atomic mass is 15.1. The van der Waals surface area contributed by atoms with E-state index >= 15 is 0 Å². The summed E-state index contributed by atoms with van der Waals surface area (Å²) in [5.41, 5.74) is 10.5. The molecule has 2 aliphatic rings. The Hall–Kier alpha value is -5.60. The van der Waals surface area contributed by atoms with Gasteiger partial charge in [-0.15, -0.1) is 0 Å². The van der Waals surface area contributed by atoms with Crippen molar-refractivity contribution in [2.45, 2.75) is 38.5 Å². The number of hydrogen-bond donors (Lipinski definition) is 0. The summed E-state index contributed by atoms with van der Waals surface area (Å²) in [5, 5.41) is 10.5. The van der Waals surface area contributed by atoms with Gasteiger partial charge in [0.15, 0.2) is 0 Å². The summed E-state index contributed by atoms with van der Waals surface area (Å²) in [4.78, 5) is 5.22. The predicted molar refractivity (Wildman–Crippen MR) is 225 cm³/mol. The van der Waals surface area contributed by atoms with Crippen molar-refractivity contribution in [1.82, 2.24) is 0 Å². The van der Waals surface area contributed by atoms with Crippen molar-refractivity contribution in [1.29, 1.82) is 0 Å². The fourth-order valence-corrected chi connectivity index (χ4v) is 9.16. The highest BCUT2D eigenvalue weighted by Crippen LogP contribution is 2.48. The van der Waals surface area contributed by atoms with Crippen LogP contribution >= 0.6 is 0 Å². The number of nitrogens with zero attached hydrogens (tertiary/aromatic N) is 2. The van der Waals surface area contributed by atoms with Crippen LogP contribution in [-0.2, 0) is 0 Å². The number of rotatable bonds is 5. The smallest absolute Gasteiger partial charge is 0.0372 e. The average molecular weight is 673 g/mol. The Morgan fingerprint density at radius 3 is 1.56 bits per heavy atom. The van der Waals surface area contributed by atoms with E-state index in [2.05, 4.69) is 155 Å². The molecule has 2 fully saturated rings. The summed E-state index contributed by atoms with van der Waals surface area (Å²) in [6, 6.07) is 55.3. The molecule has 0 aromatic heterocycles.